The molecule has 0 amide bonds. The fourth-order valence-corrected chi connectivity index (χ4v) is 4.87. The molecule has 1 aromatic carbocycles. The zero-order valence-electron chi connectivity index (χ0n) is 12.3. The minimum atomic E-state index is -0.0339. The number of thioether (sulfide) groups is 1. The van der Waals surface area contributed by atoms with Crippen LogP contribution in [0.1, 0.15) is 37.8 Å². The number of halogens is 1. The van der Waals surface area contributed by atoms with E-state index in [1.807, 2.05) is 30.8 Å². The summed E-state index contributed by atoms with van der Waals surface area (Å²) in [6, 6.07) is 6.06. The molecule has 2 aliphatic heterocycles. The molecule has 2 saturated heterocycles. The molecule has 5 heteroatoms. The summed E-state index contributed by atoms with van der Waals surface area (Å²) in [5, 5.41) is 0. The molecular formula is C16H22BrNO2S. The van der Waals surface area contributed by atoms with Crippen LogP contribution in [-0.4, -0.2) is 29.8 Å². The summed E-state index contributed by atoms with van der Waals surface area (Å²) in [5.41, 5.74) is 7.19. The highest BCUT2D eigenvalue weighted by Gasteiger charge is 2.41. The Bertz CT molecular complexity index is 503. The normalized spacial score (nSPS) is 30.5. The van der Waals surface area contributed by atoms with Gasteiger partial charge in [-0.3, -0.25) is 0 Å². The van der Waals surface area contributed by atoms with Gasteiger partial charge >= 0.3 is 0 Å². The van der Waals surface area contributed by atoms with Crippen molar-refractivity contribution in [1.82, 2.24) is 0 Å². The standard InChI is InChI=1S/C16H22BrNO2S/c1-11(18)14-8-12(17)2-3-15(14)20-13-4-6-19-16(9-13)5-7-21-10-16/h2-3,8,11,13H,4-7,9-10,18H2,1H3/t11-,13?,16?/m0/s1. The van der Waals surface area contributed by atoms with Gasteiger partial charge in [0.05, 0.1) is 12.2 Å². The van der Waals surface area contributed by atoms with Gasteiger partial charge in [-0.05, 0) is 37.3 Å². The molecule has 3 atom stereocenters. The lowest BCUT2D eigenvalue weighted by Crippen LogP contribution is -2.44. The smallest absolute Gasteiger partial charge is 0.124 e. The number of ether oxygens (including phenoxy) is 2. The van der Waals surface area contributed by atoms with Gasteiger partial charge in [0.1, 0.15) is 11.9 Å². The Hall–Kier alpha value is -0.230. The van der Waals surface area contributed by atoms with Crippen LogP contribution in [0.4, 0.5) is 0 Å². The Labute approximate surface area is 139 Å². The van der Waals surface area contributed by atoms with E-state index in [0.717, 1.165) is 47.4 Å². The van der Waals surface area contributed by atoms with Crippen molar-refractivity contribution < 1.29 is 9.47 Å². The highest BCUT2D eigenvalue weighted by Crippen LogP contribution is 2.40. The van der Waals surface area contributed by atoms with Crippen LogP contribution in [0.15, 0.2) is 22.7 Å². The van der Waals surface area contributed by atoms with Gasteiger partial charge in [0.2, 0.25) is 0 Å². The third kappa shape index (κ3) is 3.58. The first-order valence-corrected chi connectivity index (χ1v) is 9.46. The molecule has 1 aromatic rings. The fraction of sp³-hybridized carbons (Fsp3) is 0.625. The van der Waals surface area contributed by atoms with Crippen LogP contribution in [0.3, 0.4) is 0 Å². The van der Waals surface area contributed by atoms with Crippen molar-refractivity contribution in [2.45, 2.75) is 43.9 Å². The first kappa shape index (κ1) is 15.7. The minimum absolute atomic E-state index is 0.0339. The minimum Gasteiger partial charge on any atom is -0.490 e. The highest BCUT2D eigenvalue weighted by molar-refractivity contribution is 9.10. The predicted octanol–water partition coefficient (Wildman–Crippen LogP) is 3.90. The third-order valence-corrected chi connectivity index (χ3v) is 5.99. The Balaban J connectivity index is 1.74. The van der Waals surface area contributed by atoms with Gasteiger partial charge in [-0.2, -0.15) is 11.8 Å². The molecule has 3 nitrogen and oxygen atoms in total. The van der Waals surface area contributed by atoms with Crippen LogP contribution in [-0.2, 0) is 4.74 Å². The summed E-state index contributed by atoms with van der Waals surface area (Å²) in [6.45, 7) is 2.79. The second kappa shape index (κ2) is 6.49. The van der Waals surface area contributed by atoms with Crippen LogP contribution in [0.2, 0.25) is 0 Å². The third-order valence-electron chi connectivity index (χ3n) is 4.27. The van der Waals surface area contributed by atoms with Gasteiger partial charge in [-0.1, -0.05) is 15.9 Å². The van der Waals surface area contributed by atoms with E-state index in [1.165, 1.54) is 5.75 Å². The molecule has 0 bridgehead atoms. The van der Waals surface area contributed by atoms with Crippen molar-refractivity contribution in [2.75, 3.05) is 18.1 Å². The van der Waals surface area contributed by atoms with Crippen molar-refractivity contribution in [1.29, 1.82) is 0 Å². The summed E-state index contributed by atoms with van der Waals surface area (Å²) in [6.07, 6.45) is 3.34. The average Bonchev–Trinajstić information content (AvgIpc) is 2.88. The van der Waals surface area contributed by atoms with Gasteiger partial charge in [0.25, 0.3) is 0 Å². The Morgan fingerprint density at radius 2 is 2.38 bits per heavy atom. The first-order chi connectivity index (χ1) is 10.1. The topological polar surface area (TPSA) is 44.5 Å². The molecule has 2 heterocycles. The maximum atomic E-state index is 6.30. The summed E-state index contributed by atoms with van der Waals surface area (Å²) in [7, 11) is 0. The van der Waals surface area contributed by atoms with Crippen molar-refractivity contribution in [3.63, 3.8) is 0 Å². The van der Waals surface area contributed by atoms with Crippen LogP contribution in [0.25, 0.3) is 0 Å². The zero-order chi connectivity index (χ0) is 14.9. The average molecular weight is 372 g/mol. The SMILES string of the molecule is C[C@H](N)c1cc(Br)ccc1OC1CCOC2(CCSC2)C1. The van der Waals surface area contributed by atoms with Crippen LogP contribution in [0.5, 0.6) is 5.75 Å². The molecule has 116 valence electrons. The lowest BCUT2D eigenvalue weighted by Gasteiger charge is -2.38. The summed E-state index contributed by atoms with van der Waals surface area (Å²) in [4.78, 5) is 0. The summed E-state index contributed by atoms with van der Waals surface area (Å²) < 4.78 is 13.4. The number of hydrogen-bond acceptors (Lipinski definition) is 4. The van der Waals surface area contributed by atoms with Crippen LogP contribution in [0, 0.1) is 0 Å². The van der Waals surface area contributed by atoms with E-state index in [-0.39, 0.29) is 17.7 Å². The van der Waals surface area contributed by atoms with E-state index in [1.54, 1.807) is 0 Å². The van der Waals surface area contributed by atoms with Crippen molar-refractivity contribution in [3.8, 4) is 5.75 Å². The molecule has 0 radical (unpaired) electrons. The van der Waals surface area contributed by atoms with Gasteiger partial charge in [-0.25, -0.2) is 0 Å². The maximum Gasteiger partial charge on any atom is 0.124 e. The van der Waals surface area contributed by atoms with Crippen molar-refractivity contribution in [3.05, 3.63) is 28.2 Å². The first-order valence-electron chi connectivity index (χ1n) is 7.51. The maximum absolute atomic E-state index is 6.30. The number of hydrogen-bond donors (Lipinski definition) is 1. The quantitative estimate of drug-likeness (QED) is 0.874. The molecule has 0 aromatic heterocycles. The Morgan fingerprint density at radius 3 is 3.10 bits per heavy atom. The molecule has 21 heavy (non-hydrogen) atoms. The monoisotopic (exact) mass is 371 g/mol. The van der Waals surface area contributed by atoms with Crippen LogP contribution < -0.4 is 10.5 Å². The highest BCUT2D eigenvalue weighted by atomic mass is 79.9. The molecule has 2 aliphatic rings. The van der Waals surface area contributed by atoms with E-state index in [9.17, 15) is 0 Å². The molecule has 2 fully saturated rings. The van der Waals surface area contributed by atoms with Crippen LogP contribution >= 0.6 is 27.7 Å². The largest absolute Gasteiger partial charge is 0.490 e. The second-order valence-corrected chi connectivity index (χ2v) is 8.06. The zero-order valence-corrected chi connectivity index (χ0v) is 14.7. The van der Waals surface area contributed by atoms with E-state index in [0.29, 0.717) is 0 Å². The Kier molecular flexibility index (Phi) is 4.84. The molecule has 2 N–H and O–H groups in total. The van der Waals surface area contributed by atoms with Crippen molar-refractivity contribution >= 4 is 27.7 Å². The molecule has 0 saturated carbocycles. The molecule has 2 unspecified atom stereocenters. The van der Waals surface area contributed by atoms with E-state index >= 15 is 0 Å². The Morgan fingerprint density at radius 1 is 1.52 bits per heavy atom. The van der Waals surface area contributed by atoms with E-state index in [2.05, 4.69) is 22.0 Å². The van der Waals surface area contributed by atoms with Gasteiger partial charge in [0, 0.05) is 34.7 Å². The molecular weight excluding hydrogens is 350 g/mol. The lowest BCUT2D eigenvalue weighted by atomic mass is 9.91. The van der Waals surface area contributed by atoms with Crippen molar-refractivity contribution in [2.24, 2.45) is 5.73 Å². The lowest BCUT2D eigenvalue weighted by molar-refractivity contribution is -0.0960. The number of nitrogens with two attached hydrogens (primary N) is 1. The summed E-state index contributed by atoms with van der Waals surface area (Å²) in [5.74, 6) is 3.23. The van der Waals surface area contributed by atoms with Gasteiger partial charge in [0.15, 0.2) is 0 Å². The van der Waals surface area contributed by atoms with E-state index < -0.39 is 0 Å². The predicted molar refractivity (Wildman–Crippen MR) is 91.0 cm³/mol. The molecule has 1 spiro atoms. The molecule has 0 aliphatic carbocycles. The van der Waals surface area contributed by atoms with Gasteiger partial charge < -0.3 is 15.2 Å². The summed E-state index contributed by atoms with van der Waals surface area (Å²) >= 11 is 5.50. The number of benzene rings is 1. The molecule has 3 rings (SSSR count). The van der Waals surface area contributed by atoms with Gasteiger partial charge in [-0.15, -0.1) is 0 Å². The second-order valence-electron chi connectivity index (χ2n) is 6.04. The van der Waals surface area contributed by atoms with E-state index in [4.69, 9.17) is 15.2 Å². The fourth-order valence-electron chi connectivity index (χ4n) is 3.11. The number of rotatable bonds is 3.